The first-order valence-corrected chi connectivity index (χ1v) is 13.3. The minimum atomic E-state index is -5.08. The number of phenolic OH excluding ortho intramolecular Hbond substituents is 1. The molecule has 0 aromatic heterocycles. The fraction of sp³-hybridized carbons (Fsp3) is 0.545. The van der Waals surface area contributed by atoms with Crippen LogP contribution in [0.15, 0.2) is 28.7 Å². The molecule has 16 heteroatoms. The number of hydrogen-bond acceptors (Lipinski definition) is 6. The van der Waals surface area contributed by atoms with Crippen LogP contribution in [0.25, 0.3) is 0 Å². The van der Waals surface area contributed by atoms with Crippen LogP contribution in [0, 0.1) is 0 Å². The molecule has 1 heterocycles. The van der Waals surface area contributed by atoms with Gasteiger partial charge >= 0.3 is 18.2 Å². The average molecular weight is 592 g/mol. The molecule has 2 aliphatic rings. The summed E-state index contributed by atoms with van der Waals surface area (Å²) in [4.78, 5) is 22.3. The molecule has 0 radical (unpaired) electrons. The molecule has 9 nitrogen and oxygen atoms in total. The molecule has 0 unspecified atom stereocenters. The number of likely N-dealkylation sites (tertiary alicyclic amines) is 1. The number of alkyl halides is 5. The van der Waals surface area contributed by atoms with Crippen molar-refractivity contribution < 1.29 is 50.2 Å². The number of carbonyl (C=O) groups excluding carboxylic acids is 1. The number of amides is 2. The zero-order valence-corrected chi connectivity index (χ0v) is 21.6. The number of anilines is 1. The number of nitrogens with one attached hydrogen (secondary N) is 2. The molecule has 3 rings (SSSR count). The van der Waals surface area contributed by atoms with Crippen LogP contribution in [0.5, 0.6) is 5.75 Å². The number of halogens is 6. The molecule has 1 saturated heterocycles. The number of urea groups is 1. The van der Waals surface area contributed by atoms with Crippen LogP contribution in [-0.4, -0.2) is 79.1 Å². The average Bonchev–Trinajstić information content (AvgIpc) is 3.19. The van der Waals surface area contributed by atoms with Gasteiger partial charge in [0.25, 0.3) is 6.43 Å². The van der Waals surface area contributed by atoms with Gasteiger partial charge in [0.1, 0.15) is 4.90 Å². The molecule has 1 aliphatic heterocycles. The number of nitrogens with zero attached hydrogens (tertiary/aromatic N) is 1. The number of carboxylic acids is 1. The van der Waals surface area contributed by atoms with E-state index in [0.29, 0.717) is 0 Å². The highest BCUT2D eigenvalue weighted by Crippen LogP contribution is 2.40. The Morgan fingerprint density at radius 2 is 1.76 bits per heavy atom. The molecule has 0 bridgehead atoms. The maximum Gasteiger partial charge on any atom is 0.490 e. The Kier molecular flexibility index (Phi) is 10.7. The van der Waals surface area contributed by atoms with E-state index in [9.17, 15) is 40.3 Å². The Labute approximate surface area is 220 Å². The first kappa shape index (κ1) is 31.6. The highest BCUT2D eigenvalue weighted by atomic mass is 35.5. The van der Waals surface area contributed by atoms with Crippen molar-refractivity contribution in [2.75, 3.05) is 25.0 Å². The summed E-state index contributed by atoms with van der Waals surface area (Å²) >= 11 is 6.11. The molecular weight excluding hydrogens is 565 g/mol. The maximum atomic E-state index is 13.2. The van der Waals surface area contributed by atoms with Gasteiger partial charge in [-0.25, -0.2) is 26.8 Å². The molecule has 214 valence electrons. The highest BCUT2D eigenvalue weighted by molar-refractivity contribution is 7.92. The van der Waals surface area contributed by atoms with Crippen molar-refractivity contribution in [2.45, 2.75) is 61.4 Å². The van der Waals surface area contributed by atoms with Crippen LogP contribution in [0.1, 0.15) is 32.6 Å². The van der Waals surface area contributed by atoms with E-state index >= 15 is 0 Å². The van der Waals surface area contributed by atoms with Gasteiger partial charge in [0.15, 0.2) is 15.6 Å². The number of benzene rings is 1. The van der Waals surface area contributed by atoms with Crippen LogP contribution >= 0.6 is 11.6 Å². The molecule has 0 saturated carbocycles. The lowest BCUT2D eigenvalue weighted by molar-refractivity contribution is -0.192. The lowest BCUT2D eigenvalue weighted by Crippen LogP contribution is -2.41. The molecule has 1 atom stereocenters. The van der Waals surface area contributed by atoms with Crippen LogP contribution < -0.4 is 10.6 Å². The lowest BCUT2D eigenvalue weighted by Gasteiger charge is -2.31. The van der Waals surface area contributed by atoms with Crippen molar-refractivity contribution in [3.63, 3.8) is 0 Å². The maximum absolute atomic E-state index is 13.2. The minimum Gasteiger partial charge on any atom is -0.504 e. The third kappa shape index (κ3) is 8.43. The van der Waals surface area contributed by atoms with Crippen molar-refractivity contribution in [3.8, 4) is 5.75 Å². The second-order valence-corrected chi connectivity index (χ2v) is 11.3. The summed E-state index contributed by atoms with van der Waals surface area (Å²) in [5, 5.41) is 22.0. The standard InChI is InChI=1S/C20H26ClF2N3O4S.C2HF3O2/c1-12-3-2-4-15(12)24-20(28)25-16-6-5-14(21)19(18(16)27)31(29,30)13-7-9-26(10-8-13)11-17(22)23;3-2(4,5)1(6)7/h3,5-6,13,15,17,27H,2,4,7-11H2,1H3,(H2,24,25,28);(H,6,7)/t15-;/m1./s1. The summed E-state index contributed by atoms with van der Waals surface area (Å²) < 4.78 is 83.2. The van der Waals surface area contributed by atoms with Crippen molar-refractivity contribution in [2.24, 2.45) is 0 Å². The fourth-order valence-electron chi connectivity index (χ4n) is 4.03. The number of phenols is 1. The van der Waals surface area contributed by atoms with Crippen molar-refractivity contribution in [3.05, 3.63) is 28.8 Å². The van der Waals surface area contributed by atoms with Gasteiger partial charge in [-0.1, -0.05) is 23.3 Å². The van der Waals surface area contributed by atoms with Gasteiger partial charge in [-0.15, -0.1) is 0 Å². The second-order valence-electron chi connectivity index (χ2n) is 8.69. The second kappa shape index (κ2) is 12.9. The van der Waals surface area contributed by atoms with Crippen molar-refractivity contribution in [1.82, 2.24) is 10.2 Å². The van der Waals surface area contributed by atoms with E-state index < -0.39 is 56.9 Å². The molecule has 1 fully saturated rings. The zero-order chi connectivity index (χ0) is 28.8. The van der Waals surface area contributed by atoms with Gasteiger partial charge < -0.3 is 20.8 Å². The number of aliphatic carboxylic acids is 1. The normalized spacial score (nSPS) is 18.9. The molecule has 4 N–H and O–H groups in total. The van der Waals surface area contributed by atoms with E-state index in [0.717, 1.165) is 18.4 Å². The van der Waals surface area contributed by atoms with E-state index in [4.69, 9.17) is 21.5 Å². The van der Waals surface area contributed by atoms with Gasteiger partial charge in [0, 0.05) is 0 Å². The molecule has 0 spiro atoms. The SMILES string of the molecule is CC1=CCC[C@H]1NC(=O)Nc1ccc(Cl)c(S(=O)(=O)C2CCN(CC(F)F)CC2)c1O.O=C(O)C(F)(F)F. The van der Waals surface area contributed by atoms with Crippen LogP contribution in [-0.2, 0) is 14.6 Å². The number of carboxylic acid groups (broad SMARTS) is 1. The van der Waals surface area contributed by atoms with Crippen molar-refractivity contribution >= 4 is 39.1 Å². The van der Waals surface area contributed by atoms with Crippen LogP contribution in [0.2, 0.25) is 5.02 Å². The number of carbonyl (C=O) groups is 2. The third-order valence-electron chi connectivity index (χ3n) is 6.00. The number of hydrogen-bond donors (Lipinski definition) is 4. The number of piperidine rings is 1. The third-order valence-corrected chi connectivity index (χ3v) is 8.76. The Bertz CT molecular complexity index is 1150. The van der Waals surface area contributed by atoms with Gasteiger partial charge in [0.2, 0.25) is 0 Å². The van der Waals surface area contributed by atoms with Gasteiger partial charge in [-0.2, -0.15) is 13.2 Å². The van der Waals surface area contributed by atoms with Crippen molar-refractivity contribution in [1.29, 1.82) is 0 Å². The summed E-state index contributed by atoms with van der Waals surface area (Å²) in [6.07, 6.45) is -3.60. The van der Waals surface area contributed by atoms with Gasteiger partial charge in [-0.05, 0) is 57.8 Å². The molecular formula is C22H27ClF5N3O6S. The monoisotopic (exact) mass is 591 g/mol. The van der Waals surface area contributed by atoms with Gasteiger partial charge in [-0.3, -0.25) is 4.90 Å². The summed E-state index contributed by atoms with van der Waals surface area (Å²) in [7, 11) is -4.04. The predicted octanol–water partition coefficient (Wildman–Crippen LogP) is 4.41. The molecule has 1 aromatic carbocycles. The molecule has 1 aromatic rings. The van der Waals surface area contributed by atoms with Crippen LogP contribution in [0.4, 0.5) is 32.4 Å². The van der Waals surface area contributed by atoms with E-state index in [1.54, 1.807) is 0 Å². The van der Waals surface area contributed by atoms with E-state index in [2.05, 4.69) is 10.6 Å². The first-order valence-electron chi connectivity index (χ1n) is 11.3. The minimum absolute atomic E-state index is 0.0739. The quantitative estimate of drug-likeness (QED) is 0.219. The summed E-state index contributed by atoms with van der Waals surface area (Å²) in [6.45, 7) is 1.93. The fourth-order valence-corrected chi connectivity index (χ4v) is 6.39. The Morgan fingerprint density at radius 1 is 1.18 bits per heavy atom. The molecule has 38 heavy (non-hydrogen) atoms. The van der Waals surface area contributed by atoms with E-state index in [-0.39, 0.29) is 42.7 Å². The Morgan fingerprint density at radius 3 is 2.24 bits per heavy atom. The largest absolute Gasteiger partial charge is 0.504 e. The van der Waals surface area contributed by atoms with E-state index in [1.807, 2.05) is 13.0 Å². The highest BCUT2D eigenvalue weighted by Gasteiger charge is 2.38. The number of aromatic hydroxyl groups is 1. The summed E-state index contributed by atoms with van der Waals surface area (Å²) in [6, 6.07) is 1.95. The zero-order valence-electron chi connectivity index (χ0n) is 20.1. The van der Waals surface area contributed by atoms with Crippen LogP contribution in [0.3, 0.4) is 0 Å². The summed E-state index contributed by atoms with van der Waals surface area (Å²) in [5.74, 6) is -3.39. The first-order chi connectivity index (χ1) is 17.5. The van der Waals surface area contributed by atoms with E-state index in [1.165, 1.54) is 17.0 Å². The predicted molar refractivity (Wildman–Crippen MR) is 128 cm³/mol. The Hall–Kier alpha value is -2.65. The topological polar surface area (TPSA) is 136 Å². The molecule has 1 aliphatic carbocycles. The smallest absolute Gasteiger partial charge is 0.490 e. The van der Waals surface area contributed by atoms with Gasteiger partial charge in [0.05, 0.1) is 28.5 Å². The number of allylic oxidation sites excluding steroid dienone is 1. The molecule has 2 amide bonds. The lowest BCUT2D eigenvalue weighted by atomic mass is 10.1. The Balaban J connectivity index is 0.000000638. The summed E-state index contributed by atoms with van der Waals surface area (Å²) in [5.41, 5.74) is 0.965. The number of rotatable bonds is 6. The number of sulfone groups is 1.